The Morgan fingerprint density at radius 2 is 1.78 bits per heavy atom. The number of rotatable bonds is 8. The Balaban J connectivity index is 1.17. The fourth-order valence-corrected chi connectivity index (χ4v) is 4.53. The van der Waals surface area contributed by atoms with E-state index in [1.165, 1.54) is 0 Å². The minimum Gasteiger partial charge on any atom is -0.370 e. The molecule has 2 aliphatic heterocycles. The highest BCUT2D eigenvalue weighted by molar-refractivity contribution is 5.76. The van der Waals surface area contributed by atoms with Gasteiger partial charge in [0.05, 0.1) is 0 Å². The highest BCUT2D eigenvalue weighted by Crippen LogP contribution is 2.26. The van der Waals surface area contributed by atoms with Crippen molar-refractivity contribution in [2.24, 2.45) is 5.92 Å². The van der Waals surface area contributed by atoms with Gasteiger partial charge in [0.15, 0.2) is 0 Å². The Labute approximate surface area is 191 Å². The van der Waals surface area contributed by atoms with Gasteiger partial charge in [-0.25, -0.2) is 15.0 Å². The average Bonchev–Trinajstić information content (AvgIpc) is 2.87. The summed E-state index contributed by atoms with van der Waals surface area (Å²) in [4.78, 5) is 32.6. The zero-order valence-electron chi connectivity index (χ0n) is 19.1. The number of aromatic nitrogens is 3. The average molecular weight is 438 g/mol. The summed E-state index contributed by atoms with van der Waals surface area (Å²) in [5.74, 6) is 3.81. The molecule has 8 heteroatoms. The maximum Gasteiger partial charge on any atom is 0.222 e. The van der Waals surface area contributed by atoms with Crippen molar-refractivity contribution in [3.63, 3.8) is 0 Å². The predicted molar refractivity (Wildman–Crippen MR) is 128 cm³/mol. The predicted octanol–water partition coefficient (Wildman–Crippen LogP) is 3.04. The SMILES string of the molecule is CCCNc1cc(N2CCC(CCC(=O)N3CCN(c4ccccn4)CC3)CC2)ncn1. The van der Waals surface area contributed by atoms with Crippen molar-refractivity contribution < 1.29 is 4.79 Å². The lowest BCUT2D eigenvalue weighted by molar-refractivity contribution is -0.131. The van der Waals surface area contributed by atoms with Crippen molar-refractivity contribution >= 4 is 23.4 Å². The van der Waals surface area contributed by atoms with Crippen LogP contribution in [0.4, 0.5) is 17.5 Å². The number of piperidine rings is 1. The van der Waals surface area contributed by atoms with Crippen molar-refractivity contribution in [1.29, 1.82) is 0 Å². The van der Waals surface area contributed by atoms with Gasteiger partial charge in [-0.2, -0.15) is 0 Å². The third-order valence-electron chi connectivity index (χ3n) is 6.52. The molecule has 8 nitrogen and oxygen atoms in total. The Morgan fingerprint density at radius 3 is 2.50 bits per heavy atom. The molecule has 1 amide bonds. The summed E-state index contributed by atoms with van der Waals surface area (Å²) in [7, 11) is 0. The number of hydrogen-bond acceptors (Lipinski definition) is 7. The monoisotopic (exact) mass is 437 g/mol. The first kappa shape index (κ1) is 22.3. The van der Waals surface area contributed by atoms with E-state index in [0.29, 0.717) is 18.2 Å². The molecule has 0 aliphatic carbocycles. The maximum atomic E-state index is 12.8. The molecule has 2 saturated heterocycles. The van der Waals surface area contributed by atoms with Crippen LogP contribution in [0, 0.1) is 5.92 Å². The van der Waals surface area contributed by atoms with Gasteiger partial charge in [-0.05, 0) is 43.7 Å². The molecule has 0 bridgehead atoms. The molecule has 2 fully saturated rings. The molecule has 172 valence electrons. The third-order valence-corrected chi connectivity index (χ3v) is 6.52. The number of hydrogen-bond donors (Lipinski definition) is 1. The van der Waals surface area contributed by atoms with E-state index in [9.17, 15) is 4.79 Å². The third kappa shape index (κ3) is 5.87. The lowest BCUT2D eigenvalue weighted by Crippen LogP contribution is -2.49. The van der Waals surface area contributed by atoms with Crippen LogP contribution >= 0.6 is 0 Å². The standard InChI is InChI=1S/C24H35N7O/c1-2-10-25-21-18-23(28-19-27-21)29-12-8-20(9-13-29)6-7-24(32)31-16-14-30(15-17-31)22-5-3-4-11-26-22/h3-5,11,18-20H,2,6-10,12-17H2,1H3,(H,25,27,28). The van der Waals surface area contributed by atoms with Gasteiger partial charge < -0.3 is 20.0 Å². The van der Waals surface area contributed by atoms with Gasteiger partial charge in [-0.15, -0.1) is 0 Å². The normalized spacial score (nSPS) is 17.5. The summed E-state index contributed by atoms with van der Waals surface area (Å²) in [5, 5.41) is 3.33. The molecule has 0 saturated carbocycles. The summed E-state index contributed by atoms with van der Waals surface area (Å²) < 4.78 is 0. The summed E-state index contributed by atoms with van der Waals surface area (Å²) >= 11 is 0. The van der Waals surface area contributed by atoms with Gasteiger partial charge in [0.1, 0.15) is 23.8 Å². The number of anilines is 3. The van der Waals surface area contributed by atoms with Crippen molar-refractivity contribution in [3.05, 3.63) is 36.8 Å². The van der Waals surface area contributed by atoms with E-state index in [1.54, 1.807) is 6.33 Å². The van der Waals surface area contributed by atoms with E-state index >= 15 is 0 Å². The number of carbonyl (C=O) groups is 1. The molecule has 0 spiro atoms. The summed E-state index contributed by atoms with van der Waals surface area (Å²) in [5.41, 5.74) is 0. The Kier molecular flexibility index (Phi) is 7.74. The number of nitrogens with one attached hydrogen (secondary N) is 1. The van der Waals surface area contributed by atoms with Crippen LogP contribution in [0.1, 0.15) is 39.0 Å². The second kappa shape index (κ2) is 11.1. The minimum absolute atomic E-state index is 0.301. The number of carbonyl (C=O) groups excluding carboxylic acids is 1. The van der Waals surface area contributed by atoms with Gasteiger partial charge >= 0.3 is 0 Å². The van der Waals surface area contributed by atoms with Crippen molar-refractivity contribution in [1.82, 2.24) is 19.9 Å². The van der Waals surface area contributed by atoms with Gasteiger partial charge in [0.2, 0.25) is 5.91 Å². The molecule has 32 heavy (non-hydrogen) atoms. The Bertz CT molecular complexity index is 846. The van der Waals surface area contributed by atoms with Crippen molar-refractivity contribution in [2.45, 2.75) is 39.0 Å². The van der Waals surface area contributed by atoms with Crippen LogP contribution in [-0.4, -0.2) is 71.6 Å². The van der Waals surface area contributed by atoms with Crippen LogP contribution in [0.3, 0.4) is 0 Å². The molecular weight excluding hydrogens is 402 g/mol. The molecular formula is C24H35N7O. The van der Waals surface area contributed by atoms with Crippen LogP contribution in [-0.2, 0) is 4.79 Å². The van der Waals surface area contributed by atoms with E-state index < -0.39 is 0 Å². The molecule has 4 rings (SSSR count). The van der Waals surface area contributed by atoms with Gasteiger partial charge in [0, 0.05) is 64.5 Å². The van der Waals surface area contributed by atoms with Crippen LogP contribution in [0.2, 0.25) is 0 Å². The second-order valence-electron chi connectivity index (χ2n) is 8.71. The molecule has 1 N–H and O–H groups in total. The van der Waals surface area contributed by atoms with Gasteiger partial charge in [-0.3, -0.25) is 4.79 Å². The van der Waals surface area contributed by atoms with E-state index in [2.05, 4.69) is 37.0 Å². The molecule has 2 aromatic heterocycles. The molecule has 0 atom stereocenters. The fourth-order valence-electron chi connectivity index (χ4n) is 4.53. The van der Waals surface area contributed by atoms with Gasteiger partial charge in [0.25, 0.3) is 0 Å². The van der Waals surface area contributed by atoms with Crippen molar-refractivity contribution in [3.8, 4) is 0 Å². The van der Waals surface area contributed by atoms with E-state index in [-0.39, 0.29) is 0 Å². The van der Waals surface area contributed by atoms with Crippen LogP contribution in [0.15, 0.2) is 36.8 Å². The van der Waals surface area contributed by atoms with Crippen LogP contribution < -0.4 is 15.1 Å². The molecule has 4 heterocycles. The number of amides is 1. The Hall–Kier alpha value is -2.90. The highest BCUT2D eigenvalue weighted by atomic mass is 16.2. The first-order valence-electron chi connectivity index (χ1n) is 12.0. The smallest absolute Gasteiger partial charge is 0.222 e. The van der Waals surface area contributed by atoms with E-state index in [4.69, 9.17) is 0 Å². The minimum atomic E-state index is 0.301. The number of pyridine rings is 1. The maximum absolute atomic E-state index is 12.8. The Morgan fingerprint density at radius 1 is 1.00 bits per heavy atom. The summed E-state index contributed by atoms with van der Waals surface area (Å²) in [6.07, 6.45) is 8.41. The largest absolute Gasteiger partial charge is 0.370 e. The molecule has 0 aromatic carbocycles. The lowest BCUT2D eigenvalue weighted by atomic mass is 9.92. The number of piperazine rings is 1. The highest BCUT2D eigenvalue weighted by Gasteiger charge is 2.24. The second-order valence-corrected chi connectivity index (χ2v) is 8.71. The lowest BCUT2D eigenvalue weighted by Gasteiger charge is -2.36. The zero-order valence-corrected chi connectivity index (χ0v) is 19.1. The molecule has 0 radical (unpaired) electrons. The van der Waals surface area contributed by atoms with Crippen LogP contribution in [0.5, 0.6) is 0 Å². The first-order valence-corrected chi connectivity index (χ1v) is 12.0. The molecule has 2 aliphatic rings. The van der Waals surface area contributed by atoms with E-state index in [0.717, 1.165) is 89.0 Å². The summed E-state index contributed by atoms with van der Waals surface area (Å²) in [6.45, 7) is 8.34. The van der Waals surface area contributed by atoms with Crippen LogP contribution in [0.25, 0.3) is 0 Å². The quantitative estimate of drug-likeness (QED) is 0.680. The first-order chi connectivity index (χ1) is 15.7. The van der Waals surface area contributed by atoms with Crippen molar-refractivity contribution in [2.75, 3.05) is 60.9 Å². The zero-order chi connectivity index (χ0) is 22.2. The van der Waals surface area contributed by atoms with Gasteiger partial charge in [-0.1, -0.05) is 13.0 Å². The molecule has 0 unspecified atom stereocenters. The number of nitrogens with zero attached hydrogens (tertiary/aromatic N) is 6. The fraction of sp³-hybridized carbons (Fsp3) is 0.583. The molecule has 2 aromatic rings. The topological polar surface area (TPSA) is 77.5 Å². The van der Waals surface area contributed by atoms with E-state index in [1.807, 2.05) is 35.4 Å². The summed E-state index contributed by atoms with van der Waals surface area (Å²) in [6, 6.07) is 8.03.